The first kappa shape index (κ1) is 8.97. The predicted octanol–water partition coefficient (Wildman–Crippen LogP) is -1.21. The van der Waals surface area contributed by atoms with Crippen LogP contribution in [0.5, 0.6) is 0 Å². The lowest BCUT2D eigenvalue weighted by Gasteiger charge is -1.92. The third-order valence-electron chi connectivity index (χ3n) is 1.19. The first-order valence-electron chi connectivity index (χ1n) is 2.99. The molecule has 8 heteroatoms. The molecule has 0 aliphatic heterocycles. The normalized spacial score (nSPS) is 9.62. The summed E-state index contributed by atoms with van der Waals surface area (Å²) >= 11 is 0. The Kier molecular flexibility index (Phi) is 2.13. The fraction of sp³-hybridized carbons (Fsp3) is 0.200. The molecule has 0 aliphatic rings. The van der Waals surface area contributed by atoms with Crippen molar-refractivity contribution in [3.8, 4) is 0 Å². The van der Waals surface area contributed by atoms with Gasteiger partial charge in [0.25, 0.3) is 0 Å². The van der Waals surface area contributed by atoms with Crippen molar-refractivity contribution in [2.45, 2.75) is 0 Å². The Labute approximate surface area is 70.9 Å². The number of esters is 1. The summed E-state index contributed by atoms with van der Waals surface area (Å²) in [5.74, 6) is -2.66. The summed E-state index contributed by atoms with van der Waals surface area (Å²) in [6.45, 7) is 0. The first-order chi connectivity index (χ1) is 6.07. The van der Waals surface area contributed by atoms with Crippen LogP contribution in [0.25, 0.3) is 0 Å². The van der Waals surface area contributed by atoms with Gasteiger partial charge < -0.3 is 15.1 Å². The summed E-state index contributed by atoms with van der Waals surface area (Å²) < 4.78 is 8.05. The summed E-state index contributed by atoms with van der Waals surface area (Å²) in [6.07, 6.45) is 0. The Morgan fingerprint density at radius 3 is 2.77 bits per heavy atom. The molecule has 0 amide bonds. The van der Waals surface area contributed by atoms with Gasteiger partial charge in [-0.25, -0.2) is 9.59 Å². The fourth-order valence-electron chi connectivity index (χ4n) is 0.657. The minimum absolute atomic E-state index is 0.324. The number of nitrogens with zero attached hydrogens (tertiary/aromatic N) is 2. The lowest BCUT2D eigenvalue weighted by molar-refractivity contribution is -0.804. The molecule has 0 saturated carbocycles. The number of rotatable bonds is 2. The van der Waals surface area contributed by atoms with E-state index >= 15 is 0 Å². The summed E-state index contributed by atoms with van der Waals surface area (Å²) in [6, 6.07) is 0. The molecule has 1 rings (SSSR count). The van der Waals surface area contributed by atoms with Gasteiger partial charge in [0.05, 0.1) is 12.3 Å². The van der Waals surface area contributed by atoms with Crippen LogP contribution in [0.2, 0.25) is 0 Å². The van der Waals surface area contributed by atoms with Crippen molar-refractivity contribution < 1.29 is 29.0 Å². The second-order valence-electron chi connectivity index (χ2n) is 1.92. The molecule has 0 aromatic carbocycles. The van der Waals surface area contributed by atoms with Gasteiger partial charge in [0.2, 0.25) is 0 Å². The number of ether oxygens (including phenoxy) is 1. The molecule has 1 aromatic rings. The van der Waals surface area contributed by atoms with Gasteiger partial charge in [-0.1, -0.05) is 0 Å². The number of methoxy groups -OCH3 is 1. The van der Waals surface area contributed by atoms with Gasteiger partial charge in [0.1, 0.15) is 0 Å². The molecule has 0 spiro atoms. The lowest BCUT2D eigenvalue weighted by Crippen LogP contribution is -2.33. The maximum Gasteiger partial charge on any atom is 0.387 e. The number of hydrogen-bond donors (Lipinski definition) is 1. The van der Waals surface area contributed by atoms with E-state index in [9.17, 15) is 14.8 Å². The number of aromatic nitrogens is 2. The summed E-state index contributed by atoms with van der Waals surface area (Å²) in [7, 11) is 1.00. The number of hydrogen-bond acceptors (Lipinski definition) is 6. The van der Waals surface area contributed by atoms with E-state index < -0.39 is 23.3 Å². The number of carboxylic acids is 1. The van der Waals surface area contributed by atoms with E-state index in [0.717, 1.165) is 7.11 Å². The van der Waals surface area contributed by atoms with Crippen LogP contribution in [0, 0.1) is 5.21 Å². The van der Waals surface area contributed by atoms with Crippen molar-refractivity contribution in [1.82, 2.24) is 5.16 Å². The summed E-state index contributed by atoms with van der Waals surface area (Å²) in [5, 5.41) is 22.0. The first-order valence-corrected chi connectivity index (χ1v) is 2.99. The van der Waals surface area contributed by atoms with E-state index in [4.69, 9.17) is 5.11 Å². The molecule has 0 bridgehead atoms. The average molecular weight is 188 g/mol. The molecule has 1 aromatic heterocycles. The van der Waals surface area contributed by atoms with Crippen LogP contribution < -0.4 is 4.90 Å². The topological polar surface area (TPSA) is 117 Å². The van der Waals surface area contributed by atoms with E-state index in [1.807, 2.05) is 0 Å². The monoisotopic (exact) mass is 188 g/mol. The Balaban J connectivity index is 3.24. The van der Waals surface area contributed by atoms with Crippen LogP contribution >= 0.6 is 0 Å². The molecule has 13 heavy (non-hydrogen) atoms. The van der Waals surface area contributed by atoms with Crippen LogP contribution in [-0.2, 0) is 4.74 Å². The molecule has 0 atom stereocenters. The second kappa shape index (κ2) is 3.09. The Morgan fingerprint density at radius 1 is 1.69 bits per heavy atom. The maximum absolute atomic E-state index is 10.8. The van der Waals surface area contributed by atoms with Crippen molar-refractivity contribution in [3.63, 3.8) is 0 Å². The summed E-state index contributed by atoms with van der Waals surface area (Å²) in [4.78, 5) is 20.9. The Bertz CT molecular complexity index is 356. The number of aromatic carboxylic acids is 1. The van der Waals surface area contributed by atoms with Crippen molar-refractivity contribution in [2.24, 2.45) is 0 Å². The van der Waals surface area contributed by atoms with Gasteiger partial charge in [-0.3, -0.25) is 4.63 Å². The van der Waals surface area contributed by atoms with Gasteiger partial charge in [-0.2, -0.15) is 0 Å². The van der Waals surface area contributed by atoms with Gasteiger partial charge >= 0.3 is 23.3 Å². The quantitative estimate of drug-likeness (QED) is 0.457. The highest BCUT2D eigenvalue weighted by Gasteiger charge is 2.32. The molecule has 1 heterocycles. The highest BCUT2D eigenvalue weighted by molar-refractivity contribution is 5.98. The third kappa shape index (κ3) is 1.41. The smallest absolute Gasteiger partial charge is 0.387 e. The number of carbonyl (C=O) groups excluding carboxylic acids is 1. The fourth-order valence-corrected chi connectivity index (χ4v) is 0.657. The van der Waals surface area contributed by atoms with Crippen LogP contribution in [-0.4, -0.2) is 29.3 Å². The zero-order chi connectivity index (χ0) is 10.0. The molecule has 0 saturated heterocycles. The lowest BCUT2D eigenvalue weighted by atomic mass is 10.3. The summed E-state index contributed by atoms with van der Waals surface area (Å²) in [5.41, 5.74) is -1.56. The number of carboxylic acid groups (broad SMARTS) is 1. The largest absolute Gasteiger partial charge is 0.475 e. The highest BCUT2D eigenvalue weighted by Crippen LogP contribution is 2.01. The molecule has 0 aliphatic carbocycles. The van der Waals surface area contributed by atoms with Crippen LogP contribution in [0.15, 0.2) is 4.63 Å². The molecule has 70 valence electrons. The molecular weight excluding hydrogens is 184 g/mol. The van der Waals surface area contributed by atoms with E-state index in [0.29, 0.717) is 0 Å². The van der Waals surface area contributed by atoms with Crippen LogP contribution in [0.3, 0.4) is 0 Å². The third-order valence-corrected chi connectivity index (χ3v) is 1.19. The van der Waals surface area contributed by atoms with E-state index in [1.54, 1.807) is 0 Å². The average Bonchev–Trinajstić information content (AvgIpc) is 2.46. The molecule has 0 radical (unpaired) electrons. The predicted molar refractivity (Wildman–Crippen MR) is 33.8 cm³/mol. The SMILES string of the molecule is COC(=O)c1c(C(=O)O)no[n+]1[O-]. The molecule has 1 N–H and O–H groups in total. The van der Waals surface area contributed by atoms with Gasteiger partial charge in [-0.15, -0.1) is 0 Å². The van der Waals surface area contributed by atoms with Crippen molar-refractivity contribution in [2.75, 3.05) is 7.11 Å². The van der Waals surface area contributed by atoms with Crippen LogP contribution in [0.1, 0.15) is 21.0 Å². The van der Waals surface area contributed by atoms with Crippen molar-refractivity contribution in [3.05, 3.63) is 16.6 Å². The minimum Gasteiger partial charge on any atom is -0.475 e. The van der Waals surface area contributed by atoms with Crippen molar-refractivity contribution in [1.29, 1.82) is 0 Å². The molecular formula is C5H4N2O6. The Hall–Kier alpha value is -2.12. The van der Waals surface area contributed by atoms with Gasteiger partial charge in [-0.05, 0) is 4.90 Å². The van der Waals surface area contributed by atoms with E-state index in [-0.39, 0.29) is 4.90 Å². The molecule has 8 nitrogen and oxygen atoms in total. The maximum atomic E-state index is 10.8. The zero-order valence-corrected chi connectivity index (χ0v) is 6.38. The zero-order valence-electron chi connectivity index (χ0n) is 6.38. The molecule has 0 fully saturated rings. The minimum atomic E-state index is -1.54. The van der Waals surface area contributed by atoms with Crippen LogP contribution in [0.4, 0.5) is 0 Å². The second-order valence-corrected chi connectivity index (χ2v) is 1.92. The van der Waals surface area contributed by atoms with Gasteiger partial charge in [0, 0.05) is 0 Å². The molecule has 0 unspecified atom stereocenters. The number of carbonyl (C=O) groups is 2. The Morgan fingerprint density at radius 2 is 2.31 bits per heavy atom. The standard InChI is InChI=1S/C5H4N2O6/c1-12-5(10)3-2(4(8)9)6-13-7(3)11/h1H3,(H,8,9). The van der Waals surface area contributed by atoms with E-state index in [1.165, 1.54) is 0 Å². The highest BCUT2D eigenvalue weighted by atomic mass is 16.8. The van der Waals surface area contributed by atoms with Gasteiger partial charge in [0.15, 0.2) is 0 Å². The van der Waals surface area contributed by atoms with Crippen molar-refractivity contribution >= 4 is 11.9 Å². The van der Waals surface area contributed by atoms with E-state index in [2.05, 4.69) is 14.5 Å².